The molecule has 4 amide bonds. The molecule has 34 heavy (non-hydrogen) atoms. The lowest BCUT2D eigenvalue weighted by atomic mass is 9.99. The number of hydrogen-bond acceptors (Lipinski definition) is 7. The molecular weight excluding hydrogens is 480 g/mol. The monoisotopic (exact) mass is 504 g/mol. The average molecular weight is 505 g/mol. The third-order valence-electron chi connectivity index (χ3n) is 5.85. The number of carbonyl (C=O) groups is 4. The number of likely N-dealkylation sites (N-methyl/N-ethyl adjacent to an activating group) is 1. The highest BCUT2D eigenvalue weighted by molar-refractivity contribution is 7.13. The van der Waals surface area contributed by atoms with Gasteiger partial charge in [0.2, 0.25) is 6.41 Å². The Hall–Kier alpha value is -3.02. The first kappa shape index (κ1) is 24.1. The number of thiazole rings is 1. The van der Waals surface area contributed by atoms with E-state index in [1.54, 1.807) is 24.3 Å². The van der Waals surface area contributed by atoms with Crippen LogP contribution >= 0.6 is 22.9 Å². The number of halogens is 1. The average Bonchev–Trinajstić information content (AvgIpc) is 3.25. The highest BCUT2D eigenvalue weighted by atomic mass is 35.5. The van der Waals surface area contributed by atoms with Crippen molar-refractivity contribution in [3.8, 4) is 0 Å². The van der Waals surface area contributed by atoms with Gasteiger partial charge in [-0.2, -0.15) is 0 Å². The van der Waals surface area contributed by atoms with Gasteiger partial charge in [-0.15, -0.1) is 11.3 Å². The molecule has 2 atom stereocenters. The van der Waals surface area contributed by atoms with Crippen LogP contribution in [-0.2, 0) is 27.3 Å². The van der Waals surface area contributed by atoms with Crippen molar-refractivity contribution in [1.82, 2.24) is 25.4 Å². The molecule has 2 aliphatic heterocycles. The highest BCUT2D eigenvalue weighted by Crippen LogP contribution is 2.24. The Morgan fingerprint density at radius 1 is 1.12 bits per heavy atom. The molecule has 0 saturated carbocycles. The molecule has 4 rings (SSSR count). The summed E-state index contributed by atoms with van der Waals surface area (Å²) in [5, 5.41) is 8.98. The van der Waals surface area contributed by atoms with E-state index >= 15 is 0 Å². The first-order valence-electron chi connectivity index (χ1n) is 10.9. The second-order valence-corrected chi connectivity index (χ2v) is 9.91. The lowest BCUT2D eigenvalue weighted by Gasteiger charge is -2.37. The minimum absolute atomic E-state index is 0.215. The third kappa shape index (κ3) is 5.72. The molecule has 1 aromatic carbocycles. The van der Waals surface area contributed by atoms with Crippen LogP contribution in [0.1, 0.15) is 26.8 Å². The normalized spacial score (nSPS) is 20.2. The Bertz CT molecular complexity index is 1090. The van der Waals surface area contributed by atoms with Crippen molar-refractivity contribution in [1.29, 1.82) is 0 Å². The number of rotatable bonds is 5. The van der Waals surface area contributed by atoms with Crippen LogP contribution in [0.25, 0.3) is 0 Å². The van der Waals surface area contributed by atoms with Crippen LogP contribution in [-0.4, -0.2) is 77.7 Å². The van der Waals surface area contributed by atoms with E-state index in [2.05, 4.69) is 25.8 Å². The van der Waals surface area contributed by atoms with Gasteiger partial charge < -0.3 is 25.8 Å². The molecule has 180 valence electrons. The highest BCUT2D eigenvalue weighted by Gasteiger charge is 2.33. The summed E-state index contributed by atoms with van der Waals surface area (Å²) in [6.45, 7) is 2.26. The van der Waals surface area contributed by atoms with E-state index in [9.17, 15) is 19.2 Å². The smallest absolute Gasteiger partial charge is 0.313 e. The number of nitrogens with zero attached hydrogens (tertiary/aromatic N) is 3. The van der Waals surface area contributed by atoms with Crippen LogP contribution in [0.4, 0.5) is 5.69 Å². The van der Waals surface area contributed by atoms with E-state index < -0.39 is 23.9 Å². The standard InChI is InChI=1S/C22H25ClN6O4S/c1-28-8-6-16-18(11-28)34-22(27-16)21(33)26-17-10-29(12-30)9-7-15(17)25-20(32)19(31)24-14-4-2-13(23)3-5-14/h2-5,12,15,17H,6-11H2,1H3,(H,24,31)(H,25,32)(H,26,33)/t15-,17+/m0/s1. The van der Waals surface area contributed by atoms with Crippen molar-refractivity contribution in [2.75, 3.05) is 32.0 Å². The molecule has 0 spiro atoms. The van der Waals surface area contributed by atoms with E-state index in [1.165, 1.54) is 16.2 Å². The third-order valence-corrected chi connectivity index (χ3v) is 7.18. The molecule has 12 heteroatoms. The minimum Gasteiger partial charge on any atom is -0.343 e. The quantitative estimate of drug-likeness (QED) is 0.410. The summed E-state index contributed by atoms with van der Waals surface area (Å²) in [4.78, 5) is 58.4. The molecule has 0 radical (unpaired) electrons. The van der Waals surface area contributed by atoms with Gasteiger partial charge in [-0.1, -0.05) is 11.6 Å². The van der Waals surface area contributed by atoms with Crippen LogP contribution in [0.15, 0.2) is 24.3 Å². The van der Waals surface area contributed by atoms with E-state index in [1.807, 2.05) is 7.05 Å². The fourth-order valence-electron chi connectivity index (χ4n) is 4.00. The zero-order chi connectivity index (χ0) is 24.2. The minimum atomic E-state index is -0.832. The zero-order valence-electron chi connectivity index (χ0n) is 18.5. The summed E-state index contributed by atoms with van der Waals surface area (Å²) in [6.07, 6.45) is 1.89. The van der Waals surface area contributed by atoms with E-state index in [0.717, 1.165) is 30.1 Å². The van der Waals surface area contributed by atoms with Crippen molar-refractivity contribution < 1.29 is 19.2 Å². The Labute approximate surface area is 205 Å². The van der Waals surface area contributed by atoms with Gasteiger partial charge in [0.1, 0.15) is 0 Å². The van der Waals surface area contributed by atoms with Gasteiger partial charge in [0.25, 0.3) is 5.91 Å². The maximum absolute atomic E-state index is 13.0. The van der Waals surface area contributed by atoms with Crippen molar-refractivity contribution in [3.63, 3.8) is 0 Å². The lowest BCUT2D eigenvalue weighted by Crippen LogP contribution is -2.61. The van der Waals surface area contributed by atoms with E-state index in [-0.39, 0.29) is 12.5 Å². The predicted octanol–water partition coefficient (Wildman–Crippen LogP) is 0.868. The molecule has 1 fully saturated rings. The van der Waals surface area contributed by atoms with Crippen molar-refractivity contribution >= 4 is 52.8 Å². The Morgan fingerprint density at radius 2 is 1.88 bits per heavy atom. The van der Waals surface area contributed by atoms with Crippen molar-refractivity contribution in [2.24, 2.45) is 0 Å². The van der Waals surface area contributed by atoms with Gasteiger partial charge in [0.15, 0.2) is 5.01 Å². The number of benzene rings is 1. The molecule has 0 aliphatic carbocycles. The number of likely N-dealkylation sites (tertiary alicyclic amines) is 1. The number of hydrogen-bond donors (Lipinski definition) is 3. The van der Waals surface area contributed by atoms with Gasteiger partial charge >= 0.3 is 11.8 Å². The van der Waals surface area contributed by atoms with Gasteiger partial charge in [0, 0.05) is 48.2 Å². The number of amides is 4. The molecule has 1 saturated heterocycles. The second-order valence-electron chi connectivity index (χ2n) is 8.39. The number of nitrogens with one attached hydrogen (secondary N) is 3. The molecule has 0 bridgehead atoms. The lowest BCUT2D eigenvalue weighted by molar-refractivity contribution is -0.137. The molecule has 0 unspecified atom stereocenters. The number of piperidine rings is 1. The Balaban J connectivity index is 1.41. The Kier molecular flexibility index (Phi) is 7.44. The van der Waals surface area contributed by atoms with Crippen LogP contribution < -0.4 is 16.0 Å². The maximum Gasteiger partial charge on any atom is 0.313 e. The molecule has 3 N–H and O–H groups in total. The van der Waals surface area contributed by atoms with E-state index in [0.29, 0.717) is 35.1 Å². The number of anilines is 1. The fraction of sp³-hybridized carbons (Fsp3) is 0.409. The predicted molar refractivity (Wildman–Crippen MR) is 128 cm³/mol. The summed E-state index contributed by atoms with van der Waals surface area (Å²) in [5.41, 5.74) is 1.37. The number of carbonyl (C=O) groups excluding carboxylic acids is 4. The fourth-order valence-corrected chi connectivity index (χ4v) is 5.21. The van der Waals surface area contributed by atoms with Gasteiger partial charge in [-0.05, 0) is 37.7 Å². The SMILES string of the molecule is CN1CCc2nc(C(=O)N[C@@H]3CN(C=O)CC[C@@H]3NC(=O)C(=O)Nc3ccc(Cl)cc3)sc2C1. The molecule has 2 aromatic rings. The summed E-state index contributed by atoms with van der Waals surface area (Å²) >= 11 is 7.20. The first-order chi connectivity index (χ1) is 16.3. The van der Waals surface area contributed by atoms with Gasteiger partial charge in [-0.3, -0.25) is 19.2 Å². The summed E-state index contributed by atoms with van der Waals surface area (Å²) < 4.78 is 0. The topological polar surface area (TPSA) is 124 Å². The summed E-state index contributed by atoms with van der Waals surface area (Å²) in [6, 6.07) is 5.29. The zero-order valence-corrected chi connectivity index (χ0v) is 20.1. The number of fused-ring (bicyclic) bond motifs is 1. The maximum atomic E-state index is 13.0. The summed E-state index contributed by atoms with van der Waals surface area (Å²) in [7, 11) is 2.02. The summed E-state index contributed by atoms with van der Waals surface area (Å²) in [5.74, 6) is -2.02. The van der Waals surface area contributed by atoms with Crippen molar-refractivity contribution in [3.05, 3.63) is 44.9 Å². The van der Waals surface area contributed by atoms with Crippen LogP contribution in [0.2, 0.25) is 5.02 Å². The molecule has 1 aromatic heterocycles. The van der Waals surface area contributed by atoms with Gasteiger partial charge in [0.05, 0.1) is 17.8 Å². The molecule has 3 heterocycles. The molecular formula is C22H25ClN6O4S. The Morgan fingerprint density at radius 3 is 2.62 bits per heavy atom. The van der Waals surface area contributed by atoms with Crippen LogP contribution in [0.3, 0.4) is 0 Å². The largest absolute Gasteiger partial charge is 0.343 e. The molecule has 10 nitrogen and oxygen atoms in total. The molecule has 2 aliphatic rings. The number of aromatic nitrogens is 1. The van der Waals surface area contributed by atoms with Crippen LogP contribution in [0, 0.1) is 0 Å². The van der Waals surface area contributed by atoms with Crippen molar-refractivity contribution in [2.45, 2.75) is 31.5 Å². The van der Waals surface area contributed by atoms with Gasteiger partial charge in [-0.25, -0.2) is 4.98 Å². The van der Waals surface area contributed by atoms with Crippen LogP contribution in [0.5, 0.6) is 0 Å². The first-order valence-corrected chi connectivity index (χ1v) is 12.1. The second kappa shape index (κ2) is 10.5. The van der Waals surface area contributed by atoms with E-state index in [4.69, 9.17) is 11.6 Å².